The number of carbonyl (C=O) groups excluding carboxylic acids is 1. The van der Waals surface area contributed by atoms with E-state index in [1.807, 2.05) is 56.5 Å². The molecule has 0 aliphatic heterocycles. The Bertz CT molecular complexity index is 914. The summed E-state index contributed by atoms with van der Waals surface area (Å²) in [6, 6.07) is 17.3. The van der Waals surface area contributed by atoms with Gasteiger partial charge in [-0.05, 0) is 73.4 Å². The van der Waals surface area contributed by atoms with E-state index in [9.17, 15) is 4.79 Å². The lowest BCUT2D eigenvalue weighted by Gasteiger charge is -2.09. The summed E-state index contributed by atoms with van der Waals surface area (Å²) in [6.45, 7) is 5.24. The lowest BCUT2D eigenvalue weighted by atomic mass is 10.1. The molecular formula is C30H40N2O3. The van der Waals surface area contributed by atoms with Crippen LogP contribution in [0.1, 0.15) is 89.2 Å². The molecule has 0 fully saturated rings. The van der Waals surface area contributed by atoms with E-state index in [1.165, 1.54) is 38.5 Å². The van der Waals surface area contributed by atoms with Crippen molar-refractivity contribution in [2.24, 2.45) is 10.9 Å². The minimum absolute atomic E-state index is 0.0212. The number of aliphatic imine (C=N–C) groups is 1. The van der Waals surface area contributed by atoms with E-state index in [0.717, 1.165) is 49.3 Å². The molecule has 35 heavy (non-hydrogen) atoms. The van der Waals surface area contributed by atoms with Crippen molar-refractivity contribution in [2.75, 3.05) is 13.2 Å². The second-order valence-electron chi connectivity index (χ2n) is 8.99. The number of ether oxygens (including phenoxy) is 2. The number of rotatable bonds is 17. The van der Waals surface area contributed by atoms with Gasteiger partial charge in [0.25, 0.3) is 0 Å². The van der Waals surface area contributed by atoms with Crippen LogP contribution in [0.5, 0.6) is 5.75 Å². The summed E-state index contributed by atoms with van der Waals surface area (Å²) in [5.74, 6) is 0.849. The molecule has 0 saturated heterocycles. The number of carbonyl (C=O) groups is 1. The summed E-state index contributed by atoms with van der Waals surface area (Å²) in [4.78, 5) is 16.0. The van der Waals surface area contributed by atoms with E-state index in [0.29, 0.717) is 12.2 Å². The molecule has 0 amide bonds. The highest BCUT2D eigenvalue weighted by atomic mass is 16.5. The van der Waals surface area contributed by atoms with Gasteiger partial charge < -0.3 is 9.47 Å². The summed E-state index contributed by atoms with van der Waals surface area (Å²) >= 11 is 0. The maximum atomic E-state index is 11.6. The minimum Gasteiger partial charge on any atom is -0.494 e. The Morgan fingerprint density at radius 3 is 2.03 bits per heavy atom. The average Bonchev–Trinajstić information content (AvgIpc) is 2.90. The summed E-state index contributed by atoms with van der Waals surface area (Å²) in [6.07, 6.45) is 13.3. The predicted octanol–water partition coefficient (Wildman–Crippen LogP) is 7.79. The molecular weight excluding hydrogens is 436 g/mol. The van der Waals surface area contributed by atoms with Crippen molar-refractivity contribution >= 4 is 17.9 Å². The first-order chi connectivity index (χ1) is 17.1. The number of nitriles is 1. The Labute approximate surface area is 211 Å². The van der Waals surface area contributed by atoms with E-state index in [-0.39, 0.29) is 11.9 Å². The highest BCUT2D eigenvalue weighted by Gasteiger charge is 2.10. The van der Waals surface area contributed by atoms with Gasteiger partial charge in [0.2, 0.25) is 0 Å². The number of nitrogens with zero attached hydrogens (tertiary/aromatic N) is 2. The minimum atomic E-state index is -0.0564. The Kier molecular flexibility index (Phi) is 13.9. The van der Waals surface area contributed by atoms with Crippen molar-refractivity contribution in [3.05, 3.63) is 59.7 Å². The quantitative estimate of drug-likeness (QED) is 0.133. The van der Waals surface area contributed by atoms with E-state index < -0.39 is 0 Å². The van der Waals surface area contributed by atoms with Crippen molar-refractivity contribution in [1.29, 1.82) is 5.26 Å². The Morgan fingerprint density at radius 2 is 1.46 bits per heavy atom. The molecule has 0 aliphatic carbocycles. The van der Waals surface area contributed by atoms with E-state index >= 15 is 0 Å². The van der Waals surface area contributed by atoms with Crippen LogP contribution in [0.15, 0.2) is 53.5 Å². The molecule has 2 rings (SSSR count). The molecule has 2 aromatic rings. The second-order valence-corrected chi connectivity index (χ2v) is 8.99. The SMILES string of the molecule is CCC(C)C(=O)OCCCCCCCCCCCOc1ccc(C=Nc2ccc(C#N)cc2)cc1. The summed E-state index contributed by atoms with van der Waals surface area (Å²) < 4.78 is 11.1. The molecule has 5 nitrogen and oxygen atoms in total. The molecule has 5 heteroatoms. The first-order valence-electron chi connectivity index (χ1n) is 13.1. The highest BCUT2D eigenvalue weighted by Crippen LogP contribution is 2.16. The Morgan fingerprint density at radius 1 is 0.886 bits per heavy atom. The Hall–Kier alpha value is -3.13. The van der Waals surface area contributed by atoms with Crippen LogP contribution in [0.25, 0.3) is 0 Å². The number of hydrogen-bond donors (Lipinski definition) is 0. The van der Waals surface area contributed by atoms with Crippen LogP contribution < -0.4 is 4.74 Å². The molecule has 0 bridgehead atoms. The van der Waals surface area contributed by atoms with Crippen LogP contribution in [0, 0.1) is 17.2 Å². The third-order valence-electron chi connectivity index (χ3n) is 6.06. The summed E-state index contributed by atoms with van der Waals surface area (Å²) in [5, 5.41) is 8.85. The predicted molar refractivity (Wildman–Crippen MR) is 142 cm³/mol. The van der Waals surface area contributed by atoms with Gasteiger partial charge in [-0.2, -0.15) is 5.26 Å². The molecule has 0 N–H and O–H groups in total. The zero-order valence-corrected chi connectivity index (χ0v) is 21.4. The van der Waals surface area contributed by atoms with Crippen LogP contribution in [0.2, 0.25) is 0 Å². The van der Waals surface area contributed by atoms with Gasteiger partial charge in [0.15, 0.2) is 0 Å². The fourth-order valence-corrected chi connectivity index (χ4v) is 3.53. The van der Waals surface area contributed by atoms with E-state index in [2.05, 4.69) is 11.1 Å². The van der Waals surface area contributed by atoms with Gasteiger partial charge in [0, 0.05) is 6.21 Å². The fraction of sp³-hybridized carbons (Fsp3) is 0.500. The Balaban J connectivity index is 1.45. The van der Waals surface area contributed by atoms with Gasteiger partial charge in [-0.3, -0.25) is 9.79 Å². The molecule has 0 aromatic heterocycles. The zero-order valence-electron chi connectivity index (χ0n) is 21.4. The zero-order chi connectivity index (χ0) is 25.1. The largest absolute Gasteiger partial charge is 0.494 e. The molecule has 0 aliphatic rings. The molecule has 0 saturated carbocycles. The molecule has 1 unspecified atom stereocenters. The number of benzene rings is 2. The van der Waals surface area contributed by atoms with Crippen LogP contribution in [-0.2, 0) is 9.53 Å². The first-order valence-corrected chi connectivity index (χ1v) is 13.1. The van der Waals surface area contributed by atoms with Crippen molar-refractivity contribution in [1.82, 2.24) is 0 Å². The topological polar surface area (TPSA) is 71.7 Å². The van der Waals surface area contributed by atoms with Gasteiger partial charge in [-0.25, -0.2) is 0 Å². The maximum absolute atomic E-state index is 11.6. The lowest BCUT2D eigenvalue weighted by Crippen LogP contribution is -2.14. The maximum Gasteiger partial charge on any atom is 0.308 e. The fourth-order valence-electron chi connectivity index (χ4n) is 3.53. The molecule has 0 radical (unpaired) electrons. The van der Waals surface area contributed by atoms with Crippen molar-refractivity contribution in [3.63, 3.8) is 0 Å². The van der Waals surface area contributed by atoms with E-state index in [1.54, 1.807) is 12.1 Å². The molecule has 1 atom stereocenters. The molecule has 188 valence electrons. The van der Waals surface area contributed by atoms with Crippen LogP contribution in [-0.4, -0.2) is 25.4 Å². The van der Waals surface area contributed by atoms with Crippen LogP contribution >= 0.6 is 0 Å². The van der Waals surface area contributed by atoms with E-state index in [4.69, 9.17) is 14.7 Å². The molecule has 0 heterocycles. The van der Waals surface area contributed by atoms with Crippen LogP contribution in [0.3, 0.4) is 0 Å². The van der Waals surface area contributed by atoms with Gasteiger partial charge in [0.05, 0.1) is 36.5 Å². The van der Waals surface area contributed by atoms with Crippen molar-refractivity contribution in [2.45, 2.75) is 78.1 Å². The smallest absolute Gasteiger partial charge is 0.308 e. The first kappa shape index (κ1) is 28.1. The lowest BCUT2D eigenvalue weighted by molar-refractivity contribution is -0.148. The third kappa shape index (κ3) is 12.2. The van der Waals surface area contributed by atoms with Gasteiger partial charge in [-0.1, -0.05) is 58.8 Å². The third-order valence-corrected chi connectivity index (χ3v) is 6.06. The number of esters is 1. The summed E-state index contributed by atoms with van der Waals surface area (Å²) in [5.41, 5.74) is 2.47. The monoisotopic (exact) mass is 476 g/mol. The second kappa shape index (κ2) is 17.3. The van der Waals surface area contributed by atoms with Gasteiger partial charge in [0.1, 0.15) is 5.75 Å². The number of hydrogen-bond acceptors (Lipinski definition) is 5. The standard InChI is InChI=1S/C30H40N2O3/c1-3-25(2)30(33)35-22-12-10-8-6-4-5-7-9-11-21-34-29-19-15-27(16-20-29)24-32-28-17-13-26(23-31)14-18-28/h13-20,24-25H,3-12,21-22H2,1-2H3. The molecule has 2 aromatic carbocycles. The van der Waals surface area contributed by atoms with Gasteiger partial charge in [-0.15, -0.1) is 0 Å². The number of unbranched alkanes of at least 4 members (excludes halogenated alkanes) is 8. The normalized spacial score (nSPS) is 11.8. The van der Waals surface area contributed by atoms with Crippen molar-refractivity contribution < 1.29 is 14.3 Å². The summed E-state index contributed by atoms with van der Waals surface area (Å²) in [7, 11) is 0. The average molecular weight is 477 g/mol. The molecule has 0 spiro atoms. The highest BCUT2D eigenvalue weighted by molar-refractivity contribution is 5.82. The van der Waals surface area contributed by atoms with Gasteiger partial charge >= 0.3 is 5.97 Å². The van der Waals surface area contributed by atoms with Crippen LogP contribution in [0.4, 0.5) is 5.69 Å². The van der Waals surface area contributed by atoms with Crippen molar-refractivity contribution in [3.8, 4) is 11.8 Å².